The van der Waals surface area contributed by atoms with Gasteiger partial charge in [-0.25, -0.2) is 0 Å². The second kappa shape index (κ2) is 8.09. The number of hydrogen-bond acceptors (Lipinski definition) is 7. The zero-order valence-corrected chi connectivity index (χ0v) is 21.3. The Morgan fingerprint density at radius 2 is 1.78 bits per heavy atom. The highest BCUT2D eigenvalue weighted by Gasteiger charge is 2.85. The van der Waals surface area contributed by atoms with E-state index in [0.29, 0.717) is 17.6 Å². The molecule has 194 valence electrons. The molecular formula is C29H36O7. The first-order chi connectivity index (χ1) is 16.8. The number of Topliss-reactive ketones (excluding diaryl/α,β-unsaturated/α-hetero) is 1. The number of carbonyl (C=O) groups is 2. The van der Waals surface area contributed by atoms with Gasteiger partial charge < -0.3 is 25.2 Å². The molecule has 4 aliphatic rings. The van der Waals surface area contributed by atoms with Crippen LogP contribution >= 0.6 is 0 Å². The zero-order valence-electron chi connectivity index (χ0n) is 21.3. The van der Waals surface area contributed by atoms with Crippen molar-refractivity contribution in [3.63, 3.8) is 0 Å². The molecule has 2 saturated carbocycles. The number of benzene rings is 1. The average molecular weight is 497 g/mol. The van der Waals surface area contributed by atoms with Crippen molar-refractivity contribution in [1.29, 1.82) is 0 Å². The molecule has 8 atom stereocenters. The van der Waals surface area contributed by atoms with E-state index in [-0.39, 0.29) is 19.4 Å². The number of hydrogen-bond donors (Lipinski definition) is 4. The fraction of sp³-hybridized carbons (Fsp3) is 0.586. The van der Waals surface area contributed by atoms with E-state index in [0.717, 1.165) is 5.56 Å². The summed E-state index contributed by atoms with van der Waals surface area (Å²) in [4.78, 5) is 26.1. The maximum atomic E-state index is 13.1. The quantitative estimate of drug-likeness (QED) is 0.364. The standard InChI is InChI=1S/C29H36O7/c1-16-12-21-27(33,24(16)32)14-19(15-30)13-20-23-26(3,4)29(23,35)25(17(2)28(20,21)34)36-22(31)11-10-18-8-6-5-7-9-18/h5-9,12-13,17,20-21,23,25,30,33-35H,10-11,14-15H2,1-4H3/t17-,20+,21-,23-,25-,27-,28-,29-/m1/s1. The van der Waals surface area contributed by atoms with Crippen molar-refractivity contribution in [2.45, 2.75) is 69.9 Å². The average Bonchev–Trinajstić information content (AvgIpc) is 3.24. The van der Waals surface area contributed by atoms with E-state index in [1.807, 2.05) is 44.2 Å². The van der Waals surface area contributed by atoms with Gasteiger partial charge in [-0.2, -0.15) is 0 Å². The highest BCUT2D eigenvalue weighted by molar-refractivity contribution is 6.04. The number of esters is 1. The number of ether oxygens (including phenoxy) is 1. The topological polar surface area (TPSA) is 124 Å². The molecule has 0 bridgehead atoms. The molecule has 0 unspecified atom stereocenters. The molecule has 36 heavy (non-hydrogen) atoms. The summed E-state index contributed by atoms with van der Waals surface area (Å²) < 4.78 is 5.95. The Balaban J connectivity index is 1.53. The van der Waals surface area contributed by atoms with Crippen LogP contribution in [0.25, 0.3) is 0 Å². The first kappa shape index (κ1) is 25.3. The van der Waals surface area contributed by atoms with Gasteiger partial charge in [-0.05, 0) is 30.1 Å². The van der Waals surface area contributed by atoms with Gasteiger partial charge in [0.25, 0.3) is 0 Å². The maximum absolute atomic E-state index is 13.1. The molecule has 1 aromatic carbocycles. The third-order valence-electron chi connectivity index (χ3n) is 9.73. The molecule has 0 aromatic heterocycles. The Kier molecular flexibility index (Phi) is 5.69. The summed E-state index contributed by atoms with van der Waals surface area (Å²) in [6.07, 6.45) is 2.84. The molecule has 0 amide bonds. The molecule has 0 aliphatic heterocycles. The number of rotatable bonds is 5. The Morgan fingerprint density at radius 1 is 1.11 bits per heavy atom. The van der Waals surface area contributed by atoms with Gasteiger partial charge in [-0.3, -0.25) is 9.59 Å². The Hall–Kier alpha value is -2.32. The number of aliphatic hydroxyl groups is 4. The Labute approximate surface area is 211 Å². The van der Waals surface area contributed by atoms with Crippen molar-refractivity contribution in [1.82, 2.24) is 0 Å². The SMILES string of the molecule is CC1=C[C@H]2[C@@]3(O)[C@H](C)[C@@H](OC(=O)CCc4ccccc4)[C@]4(O)[C@H]([C@@H]3C=C(CO)C[C@]2(O)C1=O)C4(C)C. The summed E-state index contributed by atoms with van der Waals surface area (Å²) in [5.41, 5.74) is -3.90. The van der Waals surface area contributed by atoms with Gasteiger partial charge in [-0.15, -0.1) is 0 Å². The Bertz CT molecular complexity index is 1150. The minimum absolute atomic E-state index is 0.0977. The van der Waals surface area contributed by atoms with Crippen LogP contribution in [-0.4, -0.2) is 61.7 Å². The molecule has 7 nitrogen and oxygen atoms in total. The van der Waals surface area contributed by atoms with Crippen molar-refractivity contribution in [2.75, 3.05) is 6.61 Å². The first-order valence-corrected chi connectivity index (χ1v) is 12.8. The summed E-state index contributed by atoms with van der Waals surface area (Å²) in [5, 5.41) is 46.1. The second-order valence-corrected chi connectivity index (χ2v) is 11.9. The van der Waals surface area contributed by atoms with E-state index >= 15 is 0 Å². The summed E-state index contributed by atoms with van der Waals surface area (Å²) in [6.45, 7) is 6.72. The second-order valence-electron chi connectivity index (χ2n) is 11.9. The number of aryl methyl sites for hydroxylation is 1. The molecule has 7 heteroatoms. The third-order valence-corrected chi connectivity index (χ3v) is 9.73. The van der Waals surface area contributed by atoms with E-state index in [9.17, 15) is 30.0 Å². The lowest BCUT2D eigenvalue weighted by Crippen LogP contribution is -2.65. The van der Waals surface area contributed by atoms with Crippen LogP contribution in [0.1, 0.15) is 46.1 Å². The van der Waals surface area contributed by atoms with Crippen molar-refractivity contribution in [2.24, 2.45) is 29.1 Å². The molecule has 0 saturated heterocycles. The van der Waals surface area contributed by atoms with E-state index in [4.69, 9.17) is 4.74 Å². The van der Waals surface area contributed by atoms with E-state index in [2.05, 4.69) is 0 Å². The van der Waals surface area contributed by atoms with E-state index in [1.54, 1.807) is 26.0 Å². The minimum atomic E-state index is -1.91. The molecule has 5 rings (SSSR count). The highest BCUT2D eigenvalue weighted by Crippen LogP contribution is 2.75. The predicted molar refractivity (Wildman–Crippen MR) is 131 cm³/mol. The number of carbonyl (C=O) groups excluding carboxylic acids is 2. The molecule has 4 N–H and O–H groups in total. The largest absolute Gasteiger partial charge is 0.459 e. The number of aliphatic hydroxyl groups excluding tert-OH is 1. The van der Waals surface area contributed by atoms with Gasteiger partial charge >= 0.3 is 5.97 Å². The van der Waals surface area contributed by atoms with Crippen LogP contribution in [0.4, 0.5) is 0 Å². The molecule has 0 spiro atoms. The normalized spacial score (nSPS) is 42.3. The summed E-state index contributed by atoms with van der Waals surface area (Å²) in [7, 11) is 0. The van der Waals surface area contributed by atoms with Gasteiger partial charge in [-0.1, -0.05) is 63.3 Å². The van der Waals surface area contributed by atoms with Crippen LogP contribution in [0.15, 0.2) is 53.6 Å². The van der Waals surface area contributed by atoms with Crippen LogP contribution in [0.5, 0.6) is 0 Å². The third kappa shape index (κ3) is 3.19. The molecule has 1 aromatic rings. The zero-order chi connectivity index (χ0) is 26.3. The fourth-order valence-corrected chi connectivity index (χ4v) is 7.70. The van der Waals surface area contributed by atoms with Crippen LogP contribution in [0.3, 0.4) is 0 Å². The highest BCUT2D eigenvalue weighted by atomic mass is 16.6. The lowest BCUT2D eigenvalue weighted by Gasteiger charge is -2.52. The lowest BCUT2D eigenvalue weighted by molar-refractivity contribution is -0.221. The molecule has 0 heterocycles. The van der Waals surface area contributed by atoms with Crippen molar-refractivity contribution < 1.29 is 34.8 Å². The van der Waals surface area contributed by atoms with E-state index < -0.39 is 63.7 Å². The van der Waals surface area contributed by atoms with Crippen molar-refractivity contribution >= 4 is 11.8 Å². The minimum Gasteiger partial charge on any atom is -0.459 e. The fourth-order valence-electron chi connectivity index (χ4n) is 7.70. The Morgan fingerprint density at radius 3 is 2.42 bits per heavy atom. The van der Waals surface area contributed by atoms with Crippen molar-refractivity contribution in [3.05, 3.63) is 59.2 Å². The summed E-state index contributed by atoms with van der Waals surface area (Å²) in [6, 6.07) is 9.57. The van der Waals surface area contributed by atoms with Gasteiger partial charge in [0.1, 0.15) is 17.3 Å². The summed E-state index contributed by atoms with van der Waals surface area (Å²) in [5.74, 6) is -3.86. The molecule has 0 radical (unpaired) electrons. The van der Waals surface area contributed by atoms with Crippen LogP contribution in [0, 0.1) is 29.1 Å². The molecule has 4 aliphatic carbocycles. The summed E-state index contributed by atoms with van der Waals surface area (Å²) >= 11 is 0. The maximum Gasteiger partial charge on any atom is 0.306 e. The molecule has 2 fully saturated rings. The predicted octanol–water partition coefficient (Wildman–Crippen LogP) is 2.11. The van der Waals surface area contributed by atoms with Crippen LogP contribution in [0.2, 0.25) is 0 Å². The van der Waals surface area contributed by atoms with Crippen LogP contribution in [-0.2, 0) is 20.7 Å². The van der Waals surface area contributed by atoms with Gasteiger partial charge in [0.05, 0.1) is 12.2 Å². The molecular weight excluding hydrogens is 460 g/mol. The van der Waals surface area contributed by atoms with Gasteiger partial charge in [0.2, 0.25) is 0 Å². The monoisotopic (exact) mass is 496 g/mol. The van der Waals surface area contributed by atoms with Gasteiger partial charge in [0, 0.05) is 41.9 Å². The van der Waals surface area contributed by atoms with Crippen LogP contribution < -0.4 is 0 Å². The smallest absolute Gasteiger partial charge is 0.306 e. The number of fused-ring (bicyclic) bond motifs is 5. The van der Waals surface area contributed by atoms with Crippen molar-refractivity contribution in [3.8, 4) is 0 Å². The van der Waals surface area contributed by atoms with Gasteiger partial charge in [0.15, 0.2) is 5.78 Å². The number of ketones is 1. The lowest BCUT2D eigenvalue weighted by atomic mass is 9.59. The first-order valence-electron chi connectivity index (χ1n) is 12.8. The van der Waals surface area contributed by atoms with E-state index in [1.165, 1.54) is 0 Å².